The molecular formula is C19H32N2O. The molecule has 5 fully saturated rings. The van der Waals surface area contributed by atoms with E-state index in [9.17, 15) is 4.79 Å². The minimum absolute atomic E-state index is 0.268. The van der Waals surface area contributed by atoms with Crippen molar-refractivity contribution in [2.24, 2.45) is 29.1 Å². The smallest absolute Gasteiger partial charge is 0.234 e. The van der Waals surface area contributed by atoms with Gasteiger partial charge in [0.1, 0.15) is 0 Å². The normalized spacial score (nSPS) is 44.2. The van der Waals surface area contributed by atoms with Gasteiger partial charge in [0, 0.05) is 13.1 Å². The maximum absolute atomic E-state index is 12.4. The molecule has 22 heavy (non-hydrogen) atoms. The Hall–Kier alpha value is -0.570. The Labute approximate surface area is 135 Å². The summed E-state index contributed by atoms with van der Waals surface area (Å²) < 4.78 is 0. The van der Waals surface area contributed by atoms with Crippen molar-refractivity contribution >= 4 is 5.91 Å². The van der Waals surface area contributed by atoms with E-state index in [0.29, 0.717) is 12.0 Å². The third-order valence-corrected chi connectivity index (χ3v) is 6.93. The largest absolute Gasteiger partial charge is 0.354 e. The molecule has 1 heterocycles. The van der Waals surface area contributed by atoms with Crippen LogP contribution in [0.15, 0.2) is 0 Å². The van der Waals surface area contributed by atoms with Crippen LogP contribution in [0, 0.1) is 29.1 Å². The van der Waals surface area contributed by atoms with Gasteiger partial charge in [0.15, 0.2) is 0 Å². The van der Waals surface area contributed by atoms with Crippen LogP contribution in [0.3, 0.4) is 0 Å². The monoisotopic (exact) mass is 304 g/mol. The number of rotatable bonds is 4. The van der Waals surface area contributed by atoms with Crippen molar-refractivity contribution in [3.05, 3.63) is 0 Å². The molecule has 1 aliphatic heterocycles. The lowest BCUT2D eigenvalue weighted by Crippen LogP contribution is -2.52. The maximum Gasteiger partial charge on any atom is 0.234 e. The molecule has 124 valence electrons. The molecule has 4 aliphatic carbocycles. The van der Waals surface area contributed by atoms with E-state index in [4.69, 9.17) is 0 Å². The summed E-state index contributed by atoms with van der Waals surface area (Å²) in [7, 11) is 0. The number of hydrogen-bond donors (Lipinski definition) is 1. The summed E-state index contributed by atoms with van der Waals surface area (Å²) in [5, 5.41) is 3.32. The highest BCUT2D eigenvalue weighted by Gasteiger charge is 2.50. The second-order valence-corrected chi connectivity index (χ2v) is 9.18. The molecule has 0 aromatic rings. The molecule has 0 aromatic heterocycles. The van der Waals surface area contributed by atoms with E-state index in [1.807, 2.05) is 0 Å². The lowest BCUT2D eigenvalue weighted by molar-refractivity contribution is -0.124. The molecule has 5 rings (SSSR count). The van der Waals surface area contributed by atoms with Gasteiger partial charge >= 0.3 is 0 Å². The summed E-state index contributed by atoms with van der Waals surface area (Å²) in [6.07, 6.45) is 11.2. The zero-order valence-electron chi connectivity index (χ0n) is 14.2. The first kappa shape index (κ1) is 15.0. The minimum atomic E-state index is 0.268. The molecule has 1 saturated heterocycles. The Morgan fingerprint density at radius 1 is 1.14 bits per heavy atom. The lowest BCUT2D eigenvalue weighted by atomic mass is 9.49. The summed E-state index contributed by atoms with van der Waals surface area (Å²) in [5.41, 5.74) is 0.472. The van der Waals surface area contributed by atoms with Crippen molar-refractivity contribution in [3.8, 4) is 0 Å². The Morgan fingerprint density at radius 2 is 1.77 bits per heavy atom. The average Bonchev–Trinajstić information content (AvgIpc) is 2.44. The molecule has 5 aliphatic rings. The molecule has 0 aromatic carbocycles. The zero-order valence-corrected chi connectivity index (χ0v) is 14.2. The highest BCUT2D eigenvalue weighted by Crippen LogP contribution is 2.59. The summed E-state index contributed by atoms with van der Waals surface area (Å²) in [4.78, 5) is 14.7. The molecule has 1 N–H and O–H groups in total. The quantitative estimate of drug-likeness (QED) is 0.866. The third kappa shape index (κ3) is 3.06. The first-order chi connectivity index (χ1) is 10.6. The Morgan fingerprint density at radius 3 is 2.36 bits per heavy atom. The van der Waals surface area contributed by atoms with Crippen LogP contribution in [0.1, 0.15) is 58.3 Å². The number of likely N-dealkylation sites (tertiary alicyclic amines) is 1. The summed E-state index contributed by atoms with van der Waals surface area (Å²) in [6.45, 7) is 6.09. The van der Waals surface area contributed by atoms with Gasteiger partial charge in [0.05, 0.1) is 6.54 Å². The number of nitrogens with zero attached hydrogens (tertiary/aromatic N) is 1. The molecule has 3 nitrogen and oxygen atoms in total. The van der Waals surface area contributed by atoms with E-state index in [2.05, 4.69) is 17.1 Å². The molecule has 3 heteroatoms. The molecule has 1 amide bonds. The zero-order chi connectivity index (χ0) is 15.2. The van der Waals surface area contributed by atoms with Gasteiger partial charge in [0.2, 0.25) is 5.91 Å². The van der Waals surface area contributed by atoms with Gasteiger partial charge in [-0.2, -0.15) is 0 Å². The Bertz CT molecular complexity index is 398. The minimum Gasteiger partial charge on any atom is -0.354 e. The van der Waals surface area contributed by atoms with Crippen LogP contribution in [0.25, 0.3) is 0 Å². The van der Waals surface area contributed by atoms with E-state index < -0.39 is 0 Å². The van der Waals surface area contributed by atoms with E-state index in [0.717, 1.165) is 43.3 Å². The SMILES string of the molecule is C[C@H]1CCCN(CC(=O)NCC23CC4CC(CC(C4)C2)C3)C1. The molecule has 1 atom stereocenters. The highest BCUT2D eigenvalue weighted by atomic mass is 16.2. The van der Waals surface area contributed by atoms with Crippen molar-refractivity contribution in [1.82, 2.24) is 10.2 Å². The fraction of sp³-hybridized carbons (Fsp3) is 0.947. The molecule has 4 bridgehead atoms. The fourth-order valence-corrected chi connectivity index (χ4v) is 6.48. The van der Waals surface area contributed by atoms with Crippen molar-refractivity contribution in [2.45, 2.75) is 58.3 Å². The second kappa shape index (κ2) is 5.81. The van der Waals surface area contributed by atoms with Crippen molar-refractivity contribution < 1.29 is 4.79 Å². The van der Waals surface area contributed by atoms with Crippen LogP contribution in [0.2, 0.25) is 0 Å². The summed E-state index contributed by atoms with van der Waals surface area (Å²) >= 11 is 0. The number of piperidine rings is 1. The molecule has 0 unspecified atom stereocenters. The van der Waals surface area contributed by atoms with Gasteiger partial charge in [0.25, 0.3) is 0 Å². The van der Waals surface area contributed by atoms with Gasteiger partial charge in [-0.05, 0) is 87.0 Å². The van der Waals surface area contributed by atoms with Gasteiger partial charge in [-0.3, -0.25) is 9.69 Å². The van der Waals surface area contributed by atoms with Crippen LogP contribution in [0.4, 0.5) is 0 Å². The predicted octanol–water partition coefficient (Wildman–Crippen LogP) is 3.05. The van der Waals surface area contributed by atoms with Gasteiger partial charge in [-0.25, -0.2) is 0 Å². The maximum atomic E-state index is 12.4. The molecule has 0 spiro atoms. The fourth-order valence-electron chi connectivity index (χ4n) is 6.48. The van der Waals surface area contributed by atoms with E-state index in [-0.39, 0.29) is 5.91 Å². The highest BCUT2D eigenvalue weighted by molar-refractivity contribution is 5.78. The first-order valence-electron chi connectivity index (χ1n) is 9.59. The Kier molecular flexibility index (Phi) is 3.96. The van der Waals surface area contributed by atoms with Gasteiger partial charge in [-0.15, -0.1) is 0 Å². The van der Waals surface area contributed by atoms with Gasteiger partial charge < -0.3 is 5.32 Å². The number of nitrogens with one attached hydrogen (secondary N) is 1. The topological polar surface area (TPSA) is 32.3 Å². The van der Waals surface area contributed by atoms with Crippen molar-refractivity contribution in [3.63, 3.8) is 0 Å². The predicted molar refractivity (Wildman–Crippen MR) is 88.5 cm³/mol. The van der Waals surface area contributed by atoms with Crippen LogP contribution in [-0.4, -0.2) is 37.0 Å². The van der Waals surface area contributed by atoms with E-state index >= 15 is 0 Å². The van der Waals surface area contributed by atoms with Crippen LogP contribution in [-0.2, 0) is 4.79 Å². The van der Waals surface area contributed by atoms with Crippen molar-refractivity contribution in [2.75, 3.05) is 26.2 Å². The average molecular weight is 304 g/mol. The van der Waals surface area contributed by atoms with Crippen LogP contribution < -0.4 is 5.32 Å². The third-order valence-electron chi connectivity index (χ3n) is 6.93. The van der Waals surface area contributed by atoms with Crippen molar-refractivity contribution in [1.29, 1.82) is 0 Å². The number of amides is 1. The molecular weight excluding hydrogens is 272 g/mol. The number of hydrogen-bond acceptors (Lipinski definition) is 2. The Balaban J connectivity index is 1.28. The molecule has 4 saturated carbocycles. The number of carbonyl (C=O) groups is 1. The van der Waals surface area contributed by atoms with Gasteiger partial charge in [-0.1, -0.05) is 6.92 Å². The molecule has 0 radical (unpaired) electrons. The van der Waals surface area contributed by atoms with E-state index in [1.165, 1.54) is 51.4 Å². The summed E-state index contributed by atoms with van der Waals surface area (Å²) in [6, 6.07) is 0. The van der Waals surface area contributed by atoms with E-state index in [1.54, 1.807) is 0 Å². The lowest BCUT2D eigenvalue weighted by Gasteiger charge is -2.57. The summed E-state index contributed by atoms with van der Waals surface area (Å²) in [5.74, 6) is 3.96. The second-order valence-electron chi connectivity index (χ2n) is 9.18. The first-order valence-corrected chi connectivity index (χ1v) is 9.59. The standard InChI is InChI=1S/C19H32N2O/c1-14-3-2-4-21(11-14)12-18(22)20-13-19-8-15-5-16(9-19)7-17(6-15)10-19/h14-17H,2-13H2,1H3,(H,20,22)/t14-,15?,16?,17?,19?/m0/s1. The van der Waals surface area contributed by atoms with Crippen LogP contribution in [0.5, 0.6) is 0 Å². The number of carbonyl (C=O) groups excluding carboxylic acids is 1. The van der Waals surface area contributed by atoms with Crippen LogP contribution >= 0.6 is 0 Å².